The van der Waals surface area contributed by atoms with Gasteiger partial charge in [0.25, 0.3) is 0 Å². The Morgan fingerprint density at radius 2 is 2.21 bits per heavy atom. The summed E-state index contributed by atoms with van der Waals surface area (Å²) in [5, 5.41) is 3.75. The Kier molecular flexibility index (Phi) is 6.37. The van der Waals surface area contributed by atoms with Crippen molar-refractivity contribution in [2.75, 3.05) is 6.54 Å². The Labute approximate surface area is 130 Å². The van der Waals surface area contributed by atoms with Crippen LogP contribution in [0, 0.1) is 11.8 Å². The minimum atomic E-state index is 0.671. The van der Waals surface area contributed by atoms with Gasteiger partial charge in [-0.3, -0.25) is 0 Å². The van der Waals surface area contributed by atoms with Gasteiger partial charge in [0, 0.05) is 10.9 Å². The molecule has 3 atom stereocenters. The molecule has 0 aliphatic heterocycles. The topological polar surface area (TPSA) is 12.0 Å². The molecule has 0 spiro atoms. The van der Waals surface area contributed by atoms with Gasteiger partial charge in [0.2, 0.25) is 0 Å². The average molecular weight is 344 g/mol. The molecule has 0 bridgehead atoms. The molecular formula is C16H26BrNS. The highest BCUT2D eigenvalue weighted by Crippen LogP contribution is 2.34. The van der Waals surface area contributed by atoms with E-state index < -0.39 is 0 Å². The van der Waals surface area contributed by atoms with Gasteiger partial charge in [-0.25, -0.2) is 0 Å². The predicted octanol–water partition coefficient (Wildman–Crippen LogP) is 5.25. The van der Waals surface area contributed by atoms with Crippen LogP contribution in [0.1, 0.15) is 50.8 Å². The third-order valence-corrected chi connectivity index (χ3v) is 6.13. The molecule has 19 heavy (non-hydrogen) atoms. The van der Waals surface area contributed by atoms with E-state index in [2.05, 4.69) is 47.2 Å². The fourth-order valence-electron chi connectivity index (χ4n) is 3.41. The van der Waals surface area contributed by atoms with Crippen LogP contribution in [0.2, 0.25) is 0 Å². The minimum Gasteiger partial charge on any atom is -0.314 e. The second kappa shape index (κ2) is 7.80. The summed E-state index contributed by atoms with van der Waals surface area (Å²) in [6.07, 6.45) is 8.29. The molecule has 0 amide bonds. The van der Waals surface area contributed by atoms with Crippen molar-refractivity contribution in [2.24, 2.45) is 11.8 Å². The Hall–Kier alpha value is 0.140. The molecule has 1 aliphatic carbocycles. The lowest BCUT2D eigenvalue weighted by molar-refractivity contribution is 0.209. The van der Waals surface area contributed by atoms with Gasteiger partial charge in [-0.15, -0.1) is 11.3 Å². The number of nitrogens with one attached hydrogen (secondary N) is 1. The van der Waals surface area contributed by atoms with E-state index in [0.29, 0.717) is 6.04 Å². The zero-order valence-corrected chi connectivity index (χ0v) is 14.5. The second-order valence-corrected chi connectivity index (χ2v) is 8.32. The zero-order valence-electron chi connectivity index (χ0n) is 12.1. The number of hydrogen-bond acceptors (Lipinski definition) is 2. The van der Waals surface area contributed by atoms with Crippen molar-refractivity contribution < 1.29 is 0 Å². The average Bonchev–Trinajstić information content (AvgIpc) is 2.84. The molecule has 1 saturated carbocycles. The first-order chi connectivity index (χ1) is 9.22. The molecule has 3 heteroatoms. The summed E-state index contributed by atoms with van der Waals surface area (Å²) >= 11 is 5.47. The summed E-state index contributed by atoms with van der Waals surface area (Å²) in [4.78, 5) is 1.51. The van der Waals surface area contributed by atoms with Gasteiger partial charge in [0.1, 0.15) is 0 Å². The lowest BCUT2D eigenvalue weighted by Crippen LogP contribution is -2.40. The number of likely N-dealkylation sites (N-methyl/N-ethyl adjacent to an activating group) is 1. The molecule has 108 valence electrons. The van der Waals surface area contributed by atoms with E-state index in [1.807, 2.05) is 11.3 Å². The number of halogens is 1. The third kappa shape index (κ3) is 4.57. The van der Waals surface area contributed by atoms with E-state index in [4.69, 9.17) is 0 Å². The highest BCUT2D eigenvalue weighted by atomic mass is 79.9. The van der Waals surface area contributed by atoms with E-state index >= 15 is 0 Å². The van der Waals surface area contributed by atoms with Gasteiger partial charge in [-0.05, 0) is 65.7 Å². The minimum absolute atomic E-state index is 0.671. The van der Waals surface area contributed by atoms with Crippen LogP contribution in [-0.2, 0) is 6.42 Å². The molecule has 0 saturated heterocycles. The van der Waals surface area contributed by atoms with Gasteiger partial charge < -0.3 is 5.32 Å². The number of thiophene rings is 1. The van der Waals surface area contributed by atoms with E-state index in [9.17, 15) is 0 Å². The monoisotopic (exact) mass is 343 g/mol. The van der Waals surface area contributed by atoms with Crippen LogP contribution in [0.3, 0.4) is 0 Å². The molecule has 1 aromatic heterocycles. The highest BCUT2D eigenvalue weighted by Gasteiger charge is 2.27. The SMILES string of the molecule is CCNC(Cc1ccc(Br)s1)C1CCCC(CC)C1. The van der Waals surface area contributed by atoms with Crippen molar-refractivity contribution in [1.29, 1.82) is 0 Å². The van der Waals surface area contributed by atoms with Crippen molar-refractivity contribution >= 4 is 27.3 Å². The van der Waals surface area contributed by atoms with Crippen molar-refractivity contribution in [1.82, 2.24) is 5.32 Å². The maximum atomic E-state index is 3.75. The first-order valence-corrected chi connectivity index (χ1v) is 9.31. The van der Waals surface area contributed by atoms with Crippen LogP contribution >= 0.6 is 27.3 Å². The summed E-state index contributed by atoms with van der Waals surface area (Å²) in [5.74, 6) is 1.84. The second-order valence-electron chi connectivity index (χ2n) is 5.78. The molecule has 1 aliphatic rings. The standard InChI is InChI=1S/C16H26BrNS/c1-3-12-6-5-7-13(10-12)15(18-4-2)11-14-8-9-16(17)19-14/h8-9,12-13,15,18H,3-7,10-11H2,1-2H3. The Morgan fingerprint density at radius 3 is 2.84 bits per heavy atom. The lowest BCUT2D eigenvalue weighted by atomic mass is 9.76. The van der Waals surface area contributed by atoms with E-state index in [-0.39, 0.29) is 0 Å². The highest BCUT2D eigenvalue weighted by molar-refractivity contribution is 9.11. The van der Waals surface area contributed by atoms with Gasteiger partial charge in [0.15, 0.2) is 0 Å². The molecule has 0 radical (unpaired) electrons. The molecule has 0 aromatic carbocycles. The van der Waals surface area contributed by atoms with Crippen LogP contribution in [0.25, 0.3) is 0 Å². The molecule has 1 nitrogen and oxygen atoms in total. The van der Waals surface area contributed by atoms with Crippen LogP contribution in [-0.4, -0.2) is 12.6 Å². The van der Waals surface area contributed by atoms with Crippen molar-refractivity contribution in [2.45, 2.75) is 58.4 Å². The van der Waals surface area contributed by atoms with Crippen LogP contribution < -0.4 is 5.32 Å². The van der Waals surface area contributed by atoms with Gasteiger partial charge in [-0.2, -0.15) is 0 Å². The maximum absolute atomic E-state index is 3.75. The molecule has 1 N–H and O–H groups in total. The fourth-order valence-corrected chi connectivity index (χ4v) is 4.96. The molecule has 2 rings (SSSR count). The van der Waals surface area contributed by atoms with Crippen LogP contribution in [0.5, 0.6) is 0 Å². The maximum Gasteiger partial charge on any atom is 0.0701 e. The fraction of sp³-hybridized carbons (Fsp3) is 0.750. The predicted molar refractivity (Wildman–Crippen MR) is 88.9 cm³/mol. The number of rotatable bonds is 6. The van der Waals surface area contributed by atoms with Crippen LogP contribution in [0.15, 0.2) is 15.9 Å². The van der Waals surface area contributed by atoms with Gasteiger partial charge in [0.05, 0.1) is 3.79 Å². The number of hydrogen-bond donors (Lipinski definition) is 1. The molecule has 1 heterocycles. The van der Waals surface area contributed by atoms with Crippen molar-refractivity contribution in [3.05, 3.63) is 20.8 Å². The Balaban J connectivity index is 1.98. The molecule has 1 aromatic rings. The summed E-state index contributed by atoms with van der Waals surface area (Å²) in [6, 6.07) is 5.13. The summed E-state index contributed by atoms with van der Waals surface area (Å²) < 4.78 is 1.26. The van der Waals surface area contributed by atoms with E-state index in [1.165, 1.54) is 47.2 Å². The molecular weight excluding hydrogens is 318 g/mol. The van der Waals surface area contributed by atoms with E-state index in [0.717, 1.165) is 18.4 Å². The first-order valence-electron chi connectivity index (χ1n) is 7.70. The summed E-state index contributed by atoms with van der Waals surface area (Å²) in [6.45, 7) is 5.67. The Morgan fingerprint density at radius 1 is 1.37 bits per heavy atom. The largest absolute Gasteiger partial charge is 0.314 e. The zero-order chi connectivity index (χ0) is 13.7. The summed E-state index contributed by atoms with van der Waals surface area (Å²) in [5.41, 5.74) is 0. The Bertz CT molecular complexity index is 377. The van der Waals surface area contributed by atoms with Gasteiger partial charge >= 0.3 is 0 Å². The van der Waals surface area contributed by atoms with Crippen LogP contribution in [0.4, 0.5) is 0 Å². The van der Waals surface area contributed by atoms with E-state index in [1.54, 1.807) is 0 Å². The first kappa shape index (κ1) is 15.5. The molecule has 1 fully saturated rings. The van der Waals surface area contributed by atoms with Crippen molar-refractivity contribution in [3.63, 3.8) is 0 Å². The quantitative estimate of drug-likeness (QED) is 0.743. The van der Waals surface area contributed by atoms with Crippen molar-refractivity contribution in [3.8, 4) is 0 Å². The third-order valence-electron chi connectivity index (χ3n) is 4.49. The summed E-state index contributed by atoms with van der Waals surface area (Å²) in [7, 11) is 0. The van der Waals surface area contributed by atoms with Gasteiger partial charge in [-0.1, -0.05) is 33.1 Å². The molecule has 3 unspecified atom stereocenters. The normalized spacial score (nSPS) is 25.4. The smallest absolute Gasteiger partial charge is 0.0701 e. The lowest BCUT2D eigenvalue weighted by Gasteiger charge is -2.34.